The average Bonchev–Trinajstić information content (AvgIpc) is 3.67. The molecule has 0 spiro atoms. The molecule has 10 aromatic rings. The SMILES string of the molecule is N/C(=N\C(=C/Cc1ccccc1)c1ccccc1)c1cc(-c2cccc3c2oc2ccccc23)cc(-c2cc(-c3ccccc3)nc3ccc4ccccc4c23)c1. The van der Waals surface area contributed by atoms with Gasteiger partial charge in [0.05, 0.1) is 16.9 Å². The lowest BCUT2D eigenvalue weighted by Gasteiger charge is -2.16. The molecule has 0 atom stereocenters. The average molecular weight is 732 g/mol. The lowest BCUT2D eigenvalue weighted by atomic mass is 9.90. The predicted molar refractivity (Wildman–Crippen MR) is 238 cm³/mol. The molecule has 10 rings (SSSR count). The molecule has 0 aliphatic rings. The van der Waals surface area contributed by atoms with Crippen LogP contribution in [0, 0.1) is 0 Å². The minimum Gasteiger partial charge on any atom is -0.455 e. The first kappa shape index (κ1) is 34.0. The van der Waals surface area contributed by atoms with Crippen LogP contribution in [0.1, 0.15) is 16.7 Å². The fourth-order valence-corrected chi connectivity index (χ4v) is 7.91. The topological polar surface area (TPSA) is 64.4 Å². The second kappa shape index (κ2) is 14.6. The highest BCUT2D eigenvalue weighted by molar-refractivity contribution is 6.15. The van der Waals surface area contributed by atoms with E-state index in [9.17, 15) is 0 Å². The first-order valence-corrected chi connectivity index (χ1v) is 19.2. The van der Waals surface area contributed by atoms with Crippen molar-refractivity contribution in [3.8, 4) is 33.5 Å². The largest absolute Gasteiger partial charge is 0.455 e. The van der Waals surface area contributed by atoms with Crippen LogP contribution < -0.4 is 5.73 Å². The van der Waals surface area contributed by atoms with Gasteiger partial charge in [-0.05, 0) is 81.4 Å². The van der Waals surface area contributed by atoms with Crippen molar-refractivity contribution in [3.05, 3.63) is 217 Å². The van der Waals surface area contributed by atoms with Gasteiger partial charge in [0.2, 0.25) is 0 Å². The number of allylic oxidation sites excluding steroid dienone is 1. The highest BCUT2D eigenvalue weighted by Crippen LogP contribution is 2.41. The van der Waals surface area contributed by atoms with E-state index < -0.39 is 0 Å². The Hall–Kier alpha value is -7.56. The number of benzene rings is 8. The number of pyridine rings is 1. The minimum absolute atomic E-state index is 0.421. The molecule has 0 aliphatic carbocycles. The van der Waals surface area contributed by atoms with Crippen LogP contribution in [0.3, 0.4) is 0 Å². The first-order chi connectivity index (χ1) is 28.2. The molecule has 8 aromatic carbocycles. The molecule has 4 heteroatoms. The molecule has 2 heterocycles. The van der Waals surface area contributed by atoms with Gasteiger partial charge in [-0.2, -0.15) is 0 Å². The van der Waals surface area contributed by atoms with Gasteiger partial charge < -0.3 is 10.2 Å². The summed E-state index contributed by atoms with van der Waals surface area (Å²) in [6.07, 6.45) is 2.88. The van der Waals surface area contributed by atoms with Gasteiger partial charge in [0, 0.05) is 32.8 Å². The Morgan fingerprint density at radius 3 is 2.02 bits per heavy atom. The highest BCUT2D eigenvalue weighted by Gasteiger charge is 2.18. The number of aliphatic imine (C=N–C) groups is 1. The number of hydrogen-bond donors (Lipinski definition) is 1. The van der Waals surface area contributed by atoms with Crippen molar-refractivity contribution >= 4 is 55.1 Å². The number of rotatable bonds is 8. The van der Waals surface area contributed by atoms with E-state index >= 15 is 0 Å². The van der Waals surface area contributed by atoms with E-state index in [1.165, 1.54) is 5.56 Å². The zero-order valence-corrected chi connectivity index (χ0v) is 31.1. The Labute approximate surface area is 330 Å². The molecule has 270 valence electrons. The Kier molecular flexibility index (Phi) is 8.69. The van der Waals surface area contributed by atoms with Crippen LogP contribution >= 0.6 is 0 Å². The maximum absolute atomic E-state index is 7.17. The maximum Gasteiger partial charge on any atom is 0.143 e. The molecule has 0 saturated carbocycles. The Morgan fingerprint density at radius 1 is 0.544 bits per heavy atom. The monoisotopic (exact) mass is 731 g/mol. The first-order valence-electron chi connectivity index (χ1n) is 19.2. The minimum atomic E-state index is 0.421. The molecule has 0 bridgehead atoms. The molecule has 0 aliphatic heterocycles. The molecule has 57 heavy (non-hydrogen) atoms. The van der Waals surface area contributed by atoms with Crippen LogP contribution in [0.2, 0.25) is 0 Å². The number of aromatic nitrogens is 1. The zero-order chi connectivity index (χ0) is 38.1. The van der Waals surface area contributed by atoms with Crippen molar-refractivity contribution in [3.63, 3.8) is 0 Å². The second-order valence-electron chi connectivity index (χ2n) is 14.3. The van der Waals surface area contributed by atoms with Crippen molar-refractivity contribution in [1.29, 1.82) is 0 Å². The summed E-state index contributed by atoms with van der Waals surface area (Å²) in [6.45, 7) is 0. The fraction of sp³-hybridized carbons (Fsp3) is 0.0189. The number of para-hydroxylation sites is 2. The van der Waals surface area contributed by atoms with Gasteiger partial charge in [0.1, 0.15) is 17.0 Å². The summed E-state index contributed by atoms with van der Waals surface area (Å²) >= 11 is 0. The van der Waals surface area contributed by atoms with E-state index in [1.54, 1.807) is 0 Å². The van der Waals surface area contributed by atoms with Crippen molar-refractivity contribution in [1.82, 2.24) is 4.98 Å². The number of hydrogen-bond acceptors (Lipinski definition) is 3. The summed E-state index contributed by atoms with van der Waals surface area (Å²) in [5, 5.41) is 5.53. The summed E-state index contributed by atoms with van der Waals surface area (Å²) in [6, 6.07) is 67.2. The predicted octanol–water partition coefficient (Wildman–Crippen LogP) is 13.3. The summed E-state index contributed by atoms with van der Waals surface area (Å²) in [4.78, 5) is 10.4. The van der Waals surface area contributed by atoms with Crippen LogP contribution in [0.15, 0.2) is 210 Å². The van der Waals surface area contributed by atoms with Crippen LogP contribution in [0.4, 0.5) is 0 Å². The third-order valence-electron chi connectivity index (χ3n) is 10.7. The van der Waals surface area contributed by atoms with E-state index in [-0.39, 0.29) is 0 Å². The van der Waals surface area contributed by atoms with E-state index in [0.29, 0.717) is 5.84 Å². The summed E-state index contributed by atoms with van der Waals surface area (Å²) < 4.78 is 6.60. The molecular formula is C53H37N3O. The van der Waals surface area contributed by atoms with Crippen molar-refractivity contribution < 1.29 is 4.42 Å². The summed E-state index contributed by atoms with van der Waals surface area (Å²) in [5.41, 5.74) is 19.6. The van der Waals surface area contributed by atoms with Gasteiger partial charge in [0.25, 0.3) is 0 Å². The molecule has 2 N–H and O–H groups in total. The second-order valence-corrected chi connectivity index (χ2v) is 14.3. The Bertz CT molecular complexity index is 3150. The molecule has 0 fully saturated rings. The smallest absolute Gasteiger partial charge is 0.143 e. The number of furan rings is 1. The van der Waals surface area contributed by atoms with Crippen molar-refractivity contribution in [2.24, 2.45) is 10.7 Å². The van der Waals surface area contributed by atoms with Crippen LogP contribution in [0.25, 0.3) is 82.8 Å². The van der Waals surface area contributed by atoms with Gasteiger partial charge in [-0.3, -0.25) is 0 Å². The molecule has 0 saturated heterocycles. The molecule has 0 radical (unpaired) electrons. The van der Waals surface area contributed by atoms with E-state index in [1.807, 2.05) is 42.5 Å². The third-order valence-corrected chi connectivity index (χ3v) is 10.7. The van der Waals surface area contributed by atoms with Gasteiger partial charge in [0.15, 0.2) is 0 Å². The van der Waals surface area contributed by atoms with E-state index in [2.05, 4.69) is 158 Å². The van der Waals surface area contributed by atoms with Crippen LogP contribution in [-0.2, 0) is 6.42 Å². The van der Waals surface area contributed by atoms with Gasteiger partial charge in [-0.1, -0.05) is 164 Å². The van der Waals surface area contributed by atoms with E-state index in [4.69, 9.17) is 20.1 Å². The molecule has 4 nitrogen and oxygen atoms in total. The third kappa shape index (κ3) is 6.53. The summed E-state index contributed by atoms with van der Waals surface area (Å²) in [7, 11) is 0. The van der Waals surface area contributed by atoms with Crippen LogP contribution in [-0.4, -0.2) is 10.8 Å². The number of fused-ring (bicyclic) bond motifs is 6. The van der Waals surface area contributed by atoms with Gasteiger partial charge >= 0.3 is 0 Å². The highest BCUT2D eigenvalue weighted by atomic mass is 16.3. The standard InChI is InChI=1S/C53H37N3O/c54-53(56-47(37-18-6-2-7-19-37)29-27-35-15-4-1-5-16-35)41-32-39(43-24-14-25-45-44-23-12-13-26-50(44)57-52(43)45)31-40(33-41)46-34-49(38-20-8-3-9-21-38)55-48-30-28-36-17-10-11-22-42(36)51(46)48/h1-26,28-34H,27H2,(H2,54,56)/b47-29-. The molecule has 0 amide bonds. The quantitative estimate of drug-likeness (QED) is 0.0961. The van der Waals surface area contributed by atoms with E-state index in [0.717, 1.165) is 100 Å². The number of nitrogens with two attached hydrogens (primary N) is 1. The normalized spacial score (nSPS) is 12.2. The number of nitrogens with zero attached hydrogens (tertiary/aromatic N) is 2. The molecule has 0 unspecified atom stereocenters. The lowest BCUT2D eigenvalue weighted by molar-refractivity contribution is 0.670. The van der Waals surface area contributed by atoms with Crippen LogP contribution in [0.5, 0.6) is 0 Å². The van der Waals surface area contributed by atoms with Gasteiger partial charge in [-0.25, -0.2) is 9.98 Å². The maximum atomic E-state index is 7.17. The fourth-order valence-electron chi connectivity index (χ4n) is 7.91. The summed E-state index contributed by atoms with van der Waals surface area (Å²) in [5.74, 6) is 0.421. The molecule has 2 aromatic heterocycles. The lowest BCUT2D eigenvalue weighted by Crippen LogP contribution is -2.14. The zero-order valence-electron chi connectivity index (χ0n) is 31.1. The number of amidine groups is 1. The van der Waals surface area contributed by atoms with Crippen molar-refractivity contribution in [2.75, 3.05) is 0 Å². The Morgan fingerprint density at radius 2 is 1.21 bits per heavy atom. The molecular weight excluding hydrogens is 695 g/mol. The van der Waals surface area contributed by atoms with Gasteiger partial charge in [-0.15, -0.1) is 0 Å². The Balaban J connectivity index is 1.24. The van der Waals surface area contributed by atoms with Crippen molar-refractivity contribution in [2.45, 2.75) is 6.42 Å².